The van der Waals surface area contributed by atoms with Crippen LogP contribution in [0.2, 0.25) is 0 Å². The molecule has 0 bridgehead atoms. The van der Waals surface area contributed by atoms with E-state index in [0.29, 0.717) is 0 Å². The summed E-state index contributed by atoms with van der Waals surface area (Å²) in [6.45, 7) is 0.0289. The molecule has 4 rings (SSSR count). The maximum atomic E-state index is 13.0. The number of aliphatic hydroxyl groups is 1. The molecule has 1 fully saturated rings. The van der Waals surface area contributed by atoms with Gasteiger partial charge in [0.15, 0.2) is 0 Å². The number of aliphatic hydroxyl groups excluding tert-OH is 1. The third-order valence-electron chi connectivity index (χ3n) is 6.23. The molecule has 0 spiro atoms. The van der Waals surface area contributed by atoms with Crippen LogP contribution in [0.1, 0.15) is 28.8 Å². The molecule has 1 heterocycles. The summed E-state index contributed by atoms with van der Waals surface area (Å²) in [6, 6.07) is 17.4. The van der Waals surface area contributed by atoms with Gasteiger partial charge in [-0.3, -0.25) is 4.79 Å². The van der Waals surface area contributed by atoms with Gasteiger partial charge in [0.1, 0.15) is 23.9 Å². The summed E-state index contributed by atoms with van der Waals surface area (Å²) in [4.78, 5) is 25.6. The van der Waals surface area contributed by atoms with Crippen molar-refractivity contribution in [2.24, 2.45) is 5.92 Å². The smallest absolute Gasteiger partial charge is 0.343 e. The van der Waals surface area contributed by atoms with E-state index in [9.17, 15) is 14.7 Å². The normalized spacial score (nSPS) is 24.7. The molecule has 2 N–H and O–H groups in total. The average molecular weight is 569 g/mol. The molecular formula is C26H24Cl3NO7. The lowest BCUT2D eigenvalue weighted by Gasteiger charge is -2.48. The Kier molecular flexibility index (Phi) is 8.28. The van der Waals surface area contributed by atoms with Gasteiger partial charge in [-0.15, -0.1) is 0 Å². The minimum absolute atomic E-state index is 0.00770. The predicted octanol–water partition coefficient (Wildman–Crippen LogP) is 4.74. The third-order valence-corrected chi connectivity index (χ3v) is 6.92. The highest BCUT2D eigenvalue weighted by Crippen LogP contribution is 2.57. The van der Waals surface area contributed by atoms with Gasteiger partial charge in [0.25, 0.3) is 0 Å². The number of nitrogens with one attached hydrogen (secondary N) is 1. The molecule has 0 aromatic heterocycles. The fourth-order valence-electron chi connectivity index (χ4n) is 4.38. The molecule has 3 unspecified atom stereocenters. The van der Waals surface area contributed by atoms with Crippen molar-refractivity contribution in [3.05, 3.63) is 83.1 Å². The summed E-state index contributed by atoms with van der Waals surface area (Å²) in [7, 11) is 1.19. The summed E-state index contributed by atoms with van der Waals surface area (Å²) in [6.07, 6.45) is -2.37. The minimum Gasteiger partial charge on any atom is -0.469 e. The summed E-state index contributed by atoms with van der Waals surface area (Å²) in [5.74, 6) is -4.44. The maximum Gasteiger partial charge on any atom is 0.343 e. The first-order chi connectivity index (χ1) is 17.6. The maximum absolute atomic E-state index is 13.0. The molecule has 4 atom stereocenters. The zero-order valence-electron chi connectivity index (χ0n) is 19.7. The summed E-state index contributed by atoms with van der Waals surface area (Å²) in [5.41, 5.74) is 0.954. The van der Waals surface area contributed by atoms with E-state index in [0.717, 1.165) is 5.56 Å². The molecule has 2 aromatic rings. The van der Waals surface area contributed by atoms with E-state index in [-0.39, 0.29) is 42.1 Å². The standard InChI is InChI=1S/C26H24Cl3NO7/c1-34-24(33)20-21(31)19-22(36-23(32)16-10-6-3-7-11-16)17(12-13-18(30)26(27,28)29)37-25(19,20)35-14-15-8-4-2-5-9-15/h2-11,17,20-21,30-31H,12-14H2,1H3/t17?,20-,21?,25?/m1/s1. The largest absolute Gasteiger partial charge is 0.469 e. The second-order valence-electron chi connectivity index (χ2n) is 8.54. The Labute approximate surface area is 228 Å². The van der Waals surface area contributed by atoms with E-state index in [1.807, 2.05) is 30.3 Å². The molecule has 0 amide bonds. The van der Waals surface area contributed by atoms with Gasteiger partial charge in [0, 0.05) is 0 Å². The summed E-state index contributed by atoms with van der Waals surface area (Å²) >= 11 is 17.5. The Bertz CT molecular complexity index is 1200. The Morgan fingerprint density at radius 2 is 1.70 bits per heavy atom. The van der Waals surface area contributed by atoms with Crippen LogP contribution in [0.5, 0.6) is 0 Å². The zero-order chi connectivity index (χ0) is 26.8. The van der Waals surface area contributed by atoms with Crippen LogP contribution >= 0.6 is 34.8 Å². The Balaban J connectivity index is 1.70. The summed E-state index contributed by atoms with van der Waals surface area (Å²) in [5, 5.41) is 19.1. The fraction of sp³-hybridized carbons (Fsp3) is 0.346. The molecule has 1 saturated carbocycles. The highest BCUT2D eigenvalue weighted by Gasteiger charge is 2.71. The zero-order valence-corrected chi connectivity index (χ0v) is 21.9. The molecular weight excluding hydrogens is 545 g/mol. The number of carbonyl (C=O) groups is 2. The fourth-order valence-corrected chi connectivity index (χ4v) is 4.67. The number of hydrogen-bond acceptors (Lipinski definition) is 8. The van der Waals surface area contributed by atoms with Crippen LogP contribution in [-0.4, -0.2) is 51.7 Å². The lowest BCUT2D eigenvalue weighted by atomic mass is 9.70. The topological polar surface area (TPSA) is 115 Å². The van der Waals surface area contributed by atoms with E-state index in [1.54, 1.807) is 30.3 Å². The van der Waals surface area contributed by atoms with Crippen molar-refractivity contribution in [2.45, 2.75) is 41.2 Å². The van der Waals surface area contributed by atoms with Crippen molar-refractivity contribution in [3.8, 4) is 0 Å². The van der Waals surface area contributed by atoms with Crippen LogP contribution in [0.4, 0.5) is 0 Å². The first kappa shape index (κ1) is 27.6. The van der Waals surface area contributed by atoms with Crippen molar-refractivity contribution in [3.63, 3.8) is 0 Å². The molecule has 37 heavy (non-hydrogen) atoms. The van der Waals surface area contributed by atoms with Crippen LogP contribution < -0.4 is 0 Å². The Hall–Kier alpha value is -2.46. The second kappa shape index (κ2) is 11.1. The quantitative estimate of drug-likeness (QED) is 0.255. The highest BCUT2D eigenvalue weighted by atomic mass is 35.6. The van der Waals surface area contributed by atoms with Crippen LogP contribution in [0.15, 0.2) is 72.0 Å². The average Bonchev–Trinajstić information content (AvgIpc) is 3.15. The molecule has 196 valence electrons. The van der Waals surface area contributed by atoms with Crippen molar-refractivity contribution in [1.82, 2.24) is 0 Å². The van der Waals surface area contributed by atoms with Crippen LogP contribution in [0, 0.1) is 11.3 Å². The van der Waals surface area contributed by atoms with Gasteiger partial charge >= 0.3 is 11.9 Å². The number of carbonyl (C=O) groups excluding carboxylic acids is 2. The molecule has 8 nitrogen and oxygen atoms in total. The lowest BCUT2D eigenvalue weighted by molar-refractivity contribution is -0.297. The molecule has 0 radical (unpaired) electrons. The van der Waals surface area contributed by atoms with E-state index in [2.05, 4.69) is 0 Å². The molecule has 0 saturated heterocycles. The Morgan fingerprint density at radius 3 is 2.30 bits per heavy atom. The van der Waals surface area contributed by atoms with Crippen molar-refractivity contribution < 1.29 is 33.6 Å². The van der Waals surface area contributed by atoms with Gasteiger partial charge in [-0.2, -0.15) is 0 Å². The monoisotopic (exact) mass is 567 g/mol. The number of esters is 2. The van der Waals surface area contributed by atoms with E-state index >= 15 is 0 Å². The van der Waals surface area contributed by atoms with Crippen LogP contribution in [-0.2, 0) is 30.3 Å². The van der Waals surface area contributed by atoms with Crippen molar-refractivity contribution >= 4 is 52.5 Å². The SMILES string of the molecule is COC(=O)[C@H]1C(O)C2=C(OC(=O)c3ccccc3)C(CCC(=N)C(Cl)(Cl)Cl)OC21OCc1ccccc1. The number of benzene rings is 2. The molecule has 11 heteroatoms. The molecule has 2 aliphatic rings. The number of rotatable bonds is 9. The Morgan fingerprint density at radius 1 is 1.08 bits per heavy atom. The third kappa shape index (κ3) is 5.55. The number of hydrogen-bond donors (Lipinski definition) is 2. The van der Waals surface area contributed by atoms with Crippen molar-refractivity contribution in [1.29, 1.82) is 5.41 Å². The van der Waals surface area contributed by atoms with Gasteiger partial charge in [0.2, 0.25) is 9.58 Å². The molecule has 1 aliphatic carbocycles. The van der Waals surface area contributed by atoms with Gasteiger partial charge in [-0.05, 0) is 30.5 Å². The van der Waals surface area contributed by atoms with E-state index in [4.69, 9.17) is 59.2 Å². The predicted molar refractivity (Wildman–Crippen MR) is 136 cm³/mol. The van der Waals surface area contributed by atoms with Gasteiger partial charge in [-0.25, -0.2) is 4.79 Å². The minimum atomic E-state index is -1.93. The number of fused-ring (bicyclic) bond motifs is 1. The number of halogens is 3. The van der Waals surface area contributed by atoms with E-state index < -0.39 is 39.6 Å². The highest BCUT2D eigenvalue weighted by molar-refractivity contribution is 6.76. The molecule has 2 aromatic carbocycles. The van der Waals surface area contributed by atoms with Crippen LogP contribution in [0.3, 0.4) is 0 Å². The first-order valence-corrected chi connectivity index (χ1v) is 12.5. The lowest BCUT2D eigenvalue weighted by Crippen LogP contribution is -2.64. The van der Waals surface area contributed by atoms with Gasteiger partial charge in [0.05, 0.1) is 30.6 Å². The van der Waals surface area contributed by atoms with Crippen LogP contribution in [0.25, 0.3) is 0 Å². The molecule has 1 aliphatic heterocycles. The first-order valence-electron chi connectivity index (χ1n) is 11.4. The number of methoxy groups -OCH3 is 1. The van der Waals surface area contributed by atoms with Crippen molar-refractivity contribution in [2.75, 3.05) is 7.11 Å². The van der Waals surface area contributed by atoms with E-state index in [1.165, 1.54) is 7.11 Å². The van der Waals surface area contributed by atoms with Gasteiger partial charge < -0.3 is 29.5 Å². The second-order valence-corrected chi connectivity index (χ2v) is 10.8. The number of alkyl halides is 3. The van der Waals surface area contributed by atoms with Gasteiger partial charge in [-0.1, -0.05) is 83.3 Å². The summed E-state index contributed by atoms with van der Waals surface area (Å²) < 4.78 is 21.1. The number of ether oxygens (including phenoxy) is 4.